The summed E-state index contributed by atoms with van der Waals surface area (Å²) in [7, 11) is 0. The molecule has 1 amide bonds. The van der Waals surface area contributed by atoms with E-state index < -0.39 is 17.9 Å². The summed E-state index contributed by atoms with van der Waals surface area (Å²) >= 11 is 0. The molecule has 0 bridgehead atoms. The van der Waals surface area contributed by atoms with Crippen LogP contribution in [-0.4, -0.2) is 30.3 Å². The van der Waals surface area contributed by atoms with Gasteiger partial charge in [0.05, 0.1) is 12.5 Å². The van der Waals surface area contributed by atoms with Crippen molar-refractivity contribution >= 4 is 23.3 Å². The molecule has 5 nitrogen and oxygen atoms in total. The highest BCUT2D eigenvalue weighted by molar-refractivity contribution is 6.07. The topological polar surface area (TPSA) is 63.7 Å². The maximum Gasteiger partial charge on any atom is 0.330 e. The first kappa shape index (κ1) is 18.2. The van der Waals surface area contributed by atoms with Crippen LogP contribution in [0.1, 0.15) is 45.6 Å². The summed E-state index contributed by atoms with van der Waals surface area (Å²) in [5.41, 5.74) is 1.84. The molecule has 1 saturated heterocycles. The van der Waals surface area contributed by atoms with Crippen LogP contribution in [0.5, 0.6) is 0 Å². The van der Waals surface area contributed by atoms with Crippen LogP contribution in [0, 0.1) is 5.92 Å². The number of aryl methyl sites for hydroxylation is 1. The van der Waals surface area contributed by atoms with Crippen molar-refractivity contribution in [2.24, 2.45) is 5.92 Å². The first-order valence-electron chi connectivity index (χ1n) is 8.57. The number of unbranched alkanes of at least 4 members (excludes halogenated alkanes) is 1. The highest BCUT2D eigenvalue weighted by atomic mass is 16.5. The number of carbonyl (C=O) groups excluding carboxylic acids is 3. The molecule has 0 saturated carbocycles. The predicted molar refractivity (Wildman–Crippen MR) is 91.7 cm³/mol. The zero-order valence-corrected chi connectivity index (χ0v) is 14.6. The molecule has 1 aliphatic heterocycles. The number of Topliss-reactive ketones (excluding diaryl/α,β-unsaturated/α-hetero) is 1. The van der Waals surface area contributed by atoms with E-state index in [0.29, 0.717) is 5.69 Å². The highest BCUT2D eigenvalue weighted by Crippen LogP contribution is 2.32. The van der Waals surface area contributed by atoms with Crippen molar-refractivity contribution in [3.8, 4) is 0 Å². The summed E-state index contributed by atoms with van der Waals surface area (Å²) < 4.78 is 5.10. The van der Waals surface area contributed by atoms with Crippen LogP contribution in [0.25, 0.3) is 0 Å². The smallest absolute Gasteiger partial charge is 0.330 e. The van der Waals surface area contributed by atoms with E-state index in [1.165, 1.54) is 17.4 Å². The molecule has 1 aromatic carbocycles. The summed E-state index contributed by atoms with van der Waals surface area (Å²) in [6.07, 6.45) is 3.27. The normalized spacial score (nSPS) is 20.3. The van der Waals surface area contributed by atoms with Crippen LogP contribution >= 0.6 is 0 Å². The molecule has 1 heterocycles. The number of ketones is 1. The Morgan fingerprint density at radius 3 is 2.42 bits per heavy atom. The fourth-order valence-corrected chi connectivity index (χ4v) is 3.11. The Bertz CT molecular complexity index is 608. The van der Waals surface area contributed by atoms with E-state index in [1.807, 2.05) is 24.3 Å². The third-order valence-corrected chi connectivity index (χ3v) is 4.41. The quantitative estimate of drug-likeness (QED) is 0.721. The highest BCUT2D eigenvalue weighted by Gasteiger charge is 2.47. The first-order valence-corrected chi connectivity index (χ1v) is 8.57. The number of esters is 1. The summed E-state index contributed by atoms with van der Waals surface area (Å²) in [4.78, 5) is 38.1. The molecule has 1 aliphatic rings. The summed E-state index contributed by atoms with van der Waals surface area (Å²) in [6.45, 7) is 5.49. The second-order valence-electron chi connectivity index (χ2n) is 6.15. The lowest BCUT2D eigenvalue weighted by Gasteiger charge is -2.25. The number of benzene rings is 1. The van der Waals surface area contributed by atoms with Gasteiger partial charge in [-0.1, -0.05) is 25.5 Å². The number of rotatable bonds is 7. The molecule has 0 spiro atoms. The number of nitrogens with zero attached hydrogens (tertiary/aromatic N) is 1. The Hall–Kier alpha value is -2.17. The molecule has 130 valence electrons. The summed E-state index contributed by atoms with van der Waals surface area (Å²) in [5, 5.41) is 0. The van der Waals surface area contributed by atoms with Crippen molar-refractivity contribution in [3.63, 3.8) is 0 Å². The molecule has 24 heavy (non-hydrogen) atoms. The van der Waals surface area contributed by atoms with Gasteiger partial charge < -0.3 is 4.74 Å². The van der Waals surface area contributed by atoms with Gasteiger partial charge in [-0.2, -0.15) is 0 Å². The molecule has 2 rings (SSSR count). The SMILES string of the molecule is CCCCc1ccc(N2C(=O)CC(C(C)=O)C2C(=O)OCC)cc1. The number of hydrogen-bond donors (Lipinski definition) is 0. The molecule has 0 radical (unpaired) electrons. The third kappa shape index (κ3) is 3.83. The van der Waals surface area contributed by atoms with Crippen molar-refractivity contribution in [3.05, 3.63) is 29.8 Å². The lowest BCUT2D eigenvalue weighted by atomic mass is 9.96. The number of anilines is 1. The van der Waals surface area contributed by atoms with E-state index in [0.717, 1.165) is 19.3 Å². The van der Waals surface area contributed by atoms with Crippen LogP contribution < -0.4 is 4.90 Å². The monoisotopic (exact) mass is 331 g/mol. The van der Waals surface area contributed by atoms with Crippen LogP contribution in [0.2, 0.25) is 0 Å². The van der Waals surface area contributed by atoms with E-state index in [-0.39, 0.29) is 24.7 Å². The minimum atomic E-state index is -0.864. The van der Waals surface area contributed by atoms with Gasteiger partial charge in [0, 0.05) is 12.1 Å². The second kappa shape index (κ2) is 8.08. The molecule has 0 N–H and O–H groups in total. The van der Waals surface area contributed by atoms with Gasteiger partial charge in [-0.05, 0) is 44.4 Å². The molecule has 1 fully saturated rings. The average Bonchev–Trinajstić information content (AvgIpc) is 2.91. The van der Waals surface area contributed by atoms with E-state index in [4.69, 9.17) is 4.74 Å². The van der Waals surface area contributed by atoms with Gasteiger partial charge in [-0.3, -0.25) is 14.5 Å². The Labute approximate surface area is 143 Å². The largest absolute Gasteiger partial charge is 0.464 e. The fourth-order valence-electron chi connectivity index (χ4n) is 3.11. The lowest BCUT2D eigenvalue weighted by Crippen LogP contribution is -2.44. The molecular weight excluding hydrogens is 306 g/mol. The Morgan fingerprint density at radius 2 is 1.88 bits per heavy atom. The van der Waals surface area contributed by atoms with Crippen molar-refractivity contribution in [2.45, 2.75) is 52.5 Å². The number of ether oxygens (including phenoxy) is 1. The van der Waals surface area contributed by atoms with Gasteiger partial charge in [-0.25, -0.2) is 4.79 Å². The molecule has 2 atom stereocenters. The molecule has 5 heteroatoms. The number of carbonyl (C=O) groups is 3. The second-order valence-corrected chi connectivity index (χ2v) is 6.15. The Morgan fingerprint density at radius 1 is 1.21 bits per heavy atom. The maximum absolute atomic E-state index is 12.4. The summed E-state index contributed by atoms with van der Waals surface area (Å²) in [6, 6.07) is 6.77. The zero-order valence-electron chi connectivity index (χ0n) is 14.6. The Balaban J connectivity index is 2.29. The van der Waals surface area contributed by atoms with Gasteiger partial charge in [0.1, 0.15) is 11.8 Å². The average molecular weight is 331 g/mol. The fraction of sp³-hybridized carbons (Fsp3) is 0.526. The minimum absolute atomic E-state index is 0.0520. The van der Waals surface area contributed by atoms with Crippen LogP contribution in [0.15, 0.2) is 24.3 Å². The van der Waals surface area contributed by atoms with Crippen LogP contribution in [0.3, 0.4) is 0 Å². The van der Waals surface area contributed by atoms with E-state index >= 15 is 0 Å². The van der Waals surface area contributed by atoms with E-state index in [1.54, 1.807) is 6.92 Å². The van der Waals surface area contributed by atoms with Crippen LogP contribution in [0.4, 0.5) is 5.69 Å². The molecule has 0 aromatic heterocycles. The van der Waals surface area contributed by atoms with Crippen molar-refractivity contribution in [1.82, 2.24) is 0 Å². The molecular formula is C19H25NO4. The summed E-state index contributed by atoms with van der Waals surface area (Å²) in [5.74, 6) is -1.53. The van der Waals surface area contributed by atoms with Gasteiger partial charge in [0.25, 0.3) is 0 Å². The maximum atomic E-state index is 12.4. The molecule has 0 aliphatic carbocycles. The van der Waals surface area contributed by atoms with Crippen molar-refractivity contribution < 1.29 is 19.1 Å². The number of amides is 1. The van der Waals surface area contributed by atoms with E-state index in [2.05, 4.69) is 6.92 Å². The van der Waals surface area contributed by atoms with Gasteiger partial charge >= 0.3 is 5.97 Å². The third-order valence-electron chi connectivity index (χ3n) is 4.41. The minimum Gasteiger partial charge on any atom is -0.464 e. The van der Waals surface area contributed by atoms with Crippen LogP contribution in [-0.2, 0) is 25.5 Å². The number of hydrogen-bond acceptors (Lipinski definition) is 4. The van der Waals surface area contributed by atoms with Gasteiger partial charge in [0.2, 0.25) is 5.91 Å². The Kier molecular flexibility index (Phi) is 6.12. The molecule has 1 aromatic rings. The first-order chi connectivity index (χ1) is 11.5. The predicted octanol–water partition coefficient (Wildman–Crippen LogP) is 2.90. The lowest BCUT2D eigenvalue weighted by molar-refractivity contribution is -0.147. The standard InChI is InChI=1S/C19H25NO4/c1-4-6-7-14-8-10-15(11-9-14)20-17(22)12-16(13(3)21)18(20)19(23)24-5-2/h8-11,16,18H,4-7,12H2,1-3H3. The zero-order chi connectivity index (χ0) is 17.7. The molecule has 2 unspecified atom stereocenters. The van der Waals surface area contributed by atoms with Crippen molar-refractivity contribution in [1.29, 1.82) is 0 Å². The van der Waals surface area contributed by atoms with Gasteiger partial charge in [-0.15, -0.1) is 0 Å². The van der Waals surface area contributed by atoms with E-state index in [9.17, 15) is 14.4 Å². The van der Waals surface area contributed by atoms with Gasteiger partial charge in [0.15, 0.2) is 0 Å². The van der Waals surface area contributed by atoms with Crippen molar-refractivity contribution in [2.75, 3.05) is 11.5 Å².